The summed E-state index contributed by atoms with van der Waals surface area (Å²) in [5.41, 5.74) is 0. The first-order valence-corrected chi connectivity index (χ1v) is 6.81. The van der Waals surface area contributed by atoms with Crippen LogP contribution in [0.5, 0.6) is 34.5 Å². The zero-order chi connectivity index (χ0) is 17.9. The molecule has 0 unspecified atom stereocenters. The van der Waals surface area contributed by atoms with Crippen LogP contribution in [0.4, 0.5) is 0 Å². The Morgan fingerprint density at radius 3 is 0.708 bits per heavy atom. The molecule has 0 saturated heterocycles. The molecule has 0 spiro atoms. The van der Waals surface area contributed by atoms with Gasteiger partial charge in [0.1, 0.15) is 23.0 Å². The van der Waals surface area contributed by atoms with Crippen molar-refractivity contribution in [3.05, 3.63) is 72.8 Å². The molecule has 0 atom stereocenters. The molecule has 0 saturated carbocycles. The fraction of sp³-hybridized carbons (Fsp3) is 0. The first-order valence-electron chi connectivity index (χ1n) is 6.81. The van der Waals surface area contributed by atoms with Crippen molar-refractivity contribution in [2.45, 2.75) is 0 Å². The number of benzene rings is 3. The minimum absolute atomic E-state index is 0.0764. The first-order chi connectivity index (χ1) is 11.4. The predicted octanol–water partition coefficient (Wildman–Crippen LogP) is 3.29. The first kappa shape index (κ1) is 18.5. The van der Waals surface area contributed by atoms with Crippen molar-refractivity contribution < 1.29 is 30.6 Å². The summed E-state index contributed by atoms with van der Waals surface area (Å²) < 4.78 is 0. The van der Waals surface area contributed by atoms with Gasteiger partial charge in [-0.25, -0.2) is 0 Å². The van der Waals surface area contributed by atoms with Crippen LogP contribution in [0.25, 0.3) is 0 Å². The summed E-state index contributed by atoms with van der Waals surface area (Å²) in [6.07, 6.45) is 0. The van der Waals surface area contributed by atoms with Gasteiger partial charge in [-0.3, -0.25) is 0 Å². The molecule has 6 heteroatoms. The topological polar surface area (TPSA) is 121 Å². The van der Waals surface area contributed by atoms with Crippen LogP contribution in [0.2, 0.25) is 0 Å². The second-order valence-electron chi connectivity index (χ2n) is 4.52. The Kier molecular flexibility index (Phi) is 7.30. The second-order valence-corrected chi connectivity index (χ2v) is 4.52. The number of hydrogen-bond donors (Lipinski definition) is 6. The van der Waals surface area contributed by atoms with Crippen LogP contribution in [-0.2, 0) is 0 Å². The van der Waals surface area contributed by atoms with Crippen LogP contribution in [0, 0.1) is 0 Å². The van der Waals surface area contributed by atoms with E-state index in [2.05, 4.69) is 0 Å². The molecular weight excluding hydrogens is 312 g/mol. The number of phenols is 6. The molecule has 6 N–H and O–H groups in total. The third kappa shape index (κ3) is 7.46. The van der Waals surface area contributed by atoms with Gasteiger partial charge < -0.3 is 30.6 Å². The van der Waals surface area contributed by atoms with Crippen LogP contribution in [0.3, 0.4) is 0 Å². The maximum absolute atomic E-state index is 8.67. The van der Waals surface area contributed by atoms with Crippen molar-refractivity contribution in [2.24, 2.45) is 0 Å². The molecule has 0 bridgehead atoms. The fourth-order valence-electron chi connectivity index (χ4n) is 1.37. The van der Waals surface area contributed by atoms with Crippen molar-refractivity contribution in [1.29, 1.82) is 0 Å². The van der Waals surface area contributed by atoms with E-state index in [1.807, 2.05) is 0 Å². The van der Waals surface area contributed by atoms with Gasteiger partial charge in [0, 0.05) is 0 Å². The molecule has 3 aromatic carbocycles. The van der Waals surface area contributed by atoms with Gasteiger partial charge in [0.25, 0.3) is 0 Å². The van der Waals surface area contributed by atoms with Crippen molar-refractivity contribution in [3.63, 3.8) is 0 Å². The largest absolute Gasteiger partial charge is 0.508 e. The van der Waals surface area contributed by atoms with Gasteiger partial charge in [0.05, 0.1) is 0 Å². The van der Waals surface area contributed by atoms with Crippen molar-refractivity contribution >= 4 is 0 Å². The molecule has 0 aliphatic heterocycles. The second kappa shape index (κ2) is 9.47. The quantitative estimate of drug-likeness (QED) is 0.278. The van der Waals surface area contributed by atoms with Crippen molar-refractivity contribution in [1.82, 2.24) is 0 Å². The van der Waals surface area contributed by atoms with E-state index in [0.29, 0.717) is 0 Å². The lowest BCUT2D eigenvalue weighted by Crippen LogP contribution is -1.63. The van der Waals surface area contributed by atoms with Crippen LogP contribution in [0.15, 0.2) is 72.8 Å². The molecule has 0 heterocycles. The number of rotatable bonds is 0. The summed E-state index contributed by atoms with van der Waals surface area (Å²) in [6.45, 7) is 0. The zero-order valence-corrected chi connectivity index (χ0v) is 12.6. The van der Waals surface area contributed by atoms with E-state index >= 15 is 0 Å². The molecule has 6 nitrogen and oxygen atoms in total. The lowest BCUT2D eigenvalue weighted by molar-refractivity contribution is 0.404. The lowest BCUT2D eigenvalue weighted by atomic mass is 10.3. The van der Waals surface area contributed by atoms with Gasteiger partial charge >= 0.3 is 0 Å². The highest BCUT2D eigenvalue weighted by atomic mass is 16.3. The van der Waals surface area contributed by atoms with E-state index in [1.54, 1.807) is 12.1 Å². The molecule has 0 aromatic heterocycles. The van der Waals surface area contributed by atoms with E-state index in [9.17, 15) is 0 Å². The Morgan fingerprint density at radius 1 is 0.333 bits per heavy atom. The third-order valence-corrected chi connectivity index (χ3v) is 2.58. The summed E-state index contributed by atoms with van der Waals surface area (Å²) in [7, 11) is 0. The standard InChI is InChI=1S/3C6H6O2/c2*7-5-1-2-6(8)4-3-5;7-5-3-1-2-4-6(5)8/h3*1-4,7-8H. The monoisotopic (exact) mass is 330 g/mol. The molecule has 0 radical (unpaired) electrons. The third-order valence-electron chi connectivity index (χ3n) is 2.58. The zero-order valence-electron chi connectivity index (χ0n) is 12.6. The smallest absolute Gasteiger partial charge is 0.157 e. The molecule has 0 aliphatic carbocycles. The van der Waals surface area contributed by atoms with Gasteiger partial charge in [-0.05, 0) is 60.7 Å². The van der Waals surface area contributed by atoms with Gasteiger partial charge in [0.15, 0.2) is 11.5 Å². The van der Waals surface area contributed by atoms with Crippen molar-refractivity contribution in [3.8, 4) is 34.5 Å². The number of aromatic hydroxyl groups is 6. The fourth-order valence-corrected chi connectivity index (χ4v) is 1.37. The van der Waals surface area contributed by atoms with Gasteiger partial charge in [-0.15, -0.1) is 0 Å². The SMILES string of the molecule is Oc1ccc(O)cc1.Oc1ccc(O)cc1.Oc1ccccc1O. The molecule has 0 fully saturated rings. The summed E-state index contributed by atoms with van der Waals surface area (Å²) >= 11 is 0. The van der Waals surface area contributed by atoms with E-state index in [-0.39, 0.29) is 34.5 Å². The highest BCUT2D eigenvalue weighted by molar-refractivity contribution is 5.36. The van der Waals surface area contributed by atoms with Crippen molar-refractivity contribution in [2.75, 3.05) is 0 Å². The molecule has 3 aromatic rings. The molecule has 126 valence electrons. The Bertz CT molecular complexity index is 617. The Hall–Kier alpha value is -3.54. The maximum Gasteiger partial charge on any atom is 0.157 e. The summed E-state index contributed by atoms with van der Waals surface area (Å²) in [5, 5.41) is 51.9. The number of phenolic OH excluding ortho intramolecular Hbond substituents is 6. The highest BCUT2D eigenvalue weighted by Gasteiger charge is 1.90. The molecule has 0 amide bonds. The van der Waals surface area contributed by atoms with Crippen LogP contribution in [-0.4, -0.2) is 30.6 Å². The minimum Gasteiger partial charge on any atom is -0.508 e. The molecule has 3 rings (SSSR count). The number of hydrogen-bond acceptors (Lipinski definition) is 6. The Labute approximate surface area is 138 Å². The average Bonchev–Trinajstić information content (AvgIpc) is 2.57. The van der Waals surface area contributed by atoms with Crippen LogP contribution >= 0.6 is 0 Å². The lowest BCUT2D eigenvalue weighted by Gasteiger charge is -1.91. The van der Waals surface area contributed by atoms with Crippen LogP contribution < -0.4 is 0 Å². The minimum atomic E-state index is -0.0764. The summed E-state index contributed by atoms with van der Waals surface area (Å²) in [6, 6.07) is 17.6. The Morgan fingerprint density at radius 2 is 0.542 bits per heavy atom. The molecular formula is C18H18O6. The maximum atomic E-state index is 8.67. The van der Waals surface area contributed by atoms with Gasteiger partial charge in [-0.1, -0.05) is 12.1 Å². The van der Waals surface area contributed by atoms with E-state index in [0.717, 1.165) is 0 Å². The predicted molar refractivity (Wildman–Crippen MR) is 89.3 cm³/mol. The average molecular weight is 330 g/mol. The summed E-state index contributed by atoms with van der Waals surface area (Å²) in [5.74, 6) is 0.524. The highest BCUT2D eigenvalue weighted by Crippen LogP contribution is 2.21. The van der Waals surface area contributed by atoms with Gasteiger partial charge in [0.2, 0.25) is 0 Å². The van der Waals surface area contributed by atoms with E-state index in [1.165, 1.54) is 60.7 Å². The van der Waals surface area contributed by atoms with Crippen LogP contribution in [0.1, 0.15) is 0 Å². The Balaban J connectivity index is 0.000000180. The normalized spacial score (nSPS) is 9.00. The molecule has 24 heavy (non-hydrogen) atoms. The van der Waals surface area contributed by atoms with E-state index < -0.39 is 0 Å². The van der Waals surface area contributed by atoms with E-state index in [4.69, 9.17) is 30.6 Å². The number of para-hydroxylation sites is 2. The molecule has 0 aliphatic rings. The summed E-state index contributed by atoms with van der Waals surface area (Å²) in [4.78, 5) is 0. The van der Waals surface area contributed by atoms with Gasteiger partial charge in [-0.2, -0.15) is 0 Å².